The van der Waals surface area contributed by atoms with Gasteiger partial charge in [-0.3, -0.25) is 9.69 Å². The molecular formula is C24H25N5O4S. The summed E-state index contributed by atoms with van der Waals surface area (Å²) in [6.07, 6.45) is 2.72. The van der Waals surface area contributed by atoms with Crippen molar-refractivity contribution in [3.8, 4) is 5.88 Å². The Bertz CT molecular complexity index is 1240. The lowest BCUT2D eigenvalue weighted by atomic mass is 10.1. The van der Waals surface area contributed by atoms with Crippen molar-refractivity contribution < 1.29 is 19.1 Å². The number of methoxy groups -OCH3 is 1. The van der Waals surface area contributed by atoms with Crippen molar-refractivity contribution in [1.29, 1.82) is 0 Å². The monoisotopic (exact) mass is 479 g/mol. The zero-order chi connectivity index (χ0) is 23.5. The van der Waals surface area contributed by atoms with E-state index in [-0.39, 0.29) is 18.1 Å². The van der Waals surface area contributed by atoms with Crippen LogP contribution >= 0.6 is 11.8 Å². The quantitative estimate of drug-likeness (QED) is 0.473. The van der Waals surface area contributed by atoms with Gasteiger partial charge in [-0.25, -0.2) is 14.8 Å². The summed E-state index contributed by atoms with van der Waals surface area (Å²) >= 11 is 1.50. The third kappa shape index (κ3) is 4.78. The van der Waals surface area contributed by atoms with Crippen molar-refractivity contribution in [2.45, 2.75) is 30.4 Å². The first-order chi connectivity index (χ1) is 16.6. The van der Waals surface area contributed by atoms with E-state index in [1.54, 1.807) is 18.2 Å². The number of carbonyl (C=O) groups excluding carboxylic acids is 2. The largest absolute Gasteiger partial charge is 0.480 e. The van der Waals surface area contributed by atoms with E-state index in [0.29, 0.717) is 24.7 Å². The lowest BCUT2D eigenvalue weighted by Gasteiger charge is -2.20. The Balaban J connectivity index is 1.12. The van der Waals surface area contributed by atoms with E-state index in [2.05, 4.69) is 20.6 Å². The first-order valence-electron chi connectivity index (χ1n) is 11.1. The SMILES string of the molecule is COc1cnc2cccc(CNCCC[C@H]3CN(c4ccc5c(c4)NC(=O)CS5)C(=O)O3)c2n1. The molecule has 3 heterocycles. The molecule has 1 atom stereocenters. The molecule has 9 nitrogen and oxygen atoms in total. The predicted molar refractivity (Wildman–Crippen MR) is 130 cm³/mol. The van der Waals surface area contributed by atoms with Gasteiger partial charge in [0.2, 0.25) is 11.8 Å². The second-order valence-electron chi connectivity index (χ2n) is 8.15. The van der Waals surface area contributed by atoms with Crippen LogP contribution in [0.2, 0.25) is 0 Å². The maximum atomic E-state index is 12.4. The number of fused-ring (bicyclic) bond motifs is 2. The fraction of sp³-hybridized carbons (Fsp3) is 0.333. The number of ether oxygens (including phenoxy) is 2. The molecule has 1 aromatic heterocycles. The van der Waals surface area contributed by atoms with Crippen LogP contribution in [0.25, 0.3) is 11.0 Å². The summed E-state index contributed by atoms with van der Waals surface area (Å²) in [4.78, 5) is 35.7. The van der Waals surface area contributed by atoms with Gasteiger partial charge in [0.15, 0.2) is 0 Å². The van der Waals surface area contributed by atoms with E-state index in [1.807, 2.05) is 36.4 Å². The molecule has 0 unspecified atom stereocenters. The summed E-state index contributed by atoms with van der Waals surface area (Å²) in [6.45, 7) is 1.94. The highest BCUT2D eigenvalue weighted by Gasteiger charge is 2.32. The Hall–Kier alpha value is -3.37. The minimum Gasteiger partial charge on any atom is -0.480 e. The molecule has 1 fully saturated rings. The molecule has 2 amide bonds. The van der Waals surface area contributed by atoms with Crippen molar-refractivity contribution in [1.82, 2.24) is 15.3 Å². The van der Waals surface area contributed by atoms with Gasteiger partial charge in [-0.2, -0.15) is 0 Å². The molecule has 2 N–H and O–H groups in total. The number of amides is 2. The maximum absolute atomic E-state index is 12.4. The normalized spacial score (nSPS) is 17.4. The molecule has 10 heteroatoms. The summed E-state index contributed by atoms with van der Waals surface area (Å²) in [6, 6.07) is 11.6. The molecule has 0 saturated carbocycles. The van der Waals surface area contributed by atoms with Crippen molar-refractivity contribution in [3.63, 3.8) is 0 Å². The molecule has 2 aromatic carbocycles. The lowest BCUT2D eigenvalue weighted by Crippen LogP contribution is -2.25. The van der Waals surface area contributed by atoms with E-state index in [9.17, 15) is 9.59 Å². The van der Waals surface area contributed by atoms with Gasteiger partial charge in [-0.1, -0.05) is 12.1 Å². The molecule has 3 aromatic rings. The predicted octanol–water partition coefficient (Wildman–Crippen LogP) is 3.58. The summed E-state index contributed by atoms with van der Waals surface area (Å²) in [7, 11) is 1.58. The van der Waals surface area contributed by atoms with Crippen molar-refractivity contribution in [2.75, 3.05) is 36.2 Å². The first kappa shape index (κ1) is 22.4. The zero-order valence-electron chi connectivity index (χ0n) is 18.7. The van der Waals surface area contributed by atoms with Crippen LogP contribution in [-0.4, -0.2) is 54.0 Å². The van der Waals surface area contributed by atoms with Crippen LogP contribution in [-0.2, 0) is 16.1 Å². The van der Waals surface area contributed by atoms with Gasteiger partial charge in [-0.15, -0.1) is 11.8 Å². The Kier molecular flexibility index (Phi) is 6.50. The second kappa shape index (κ2) is 9.86. The fourth-order valence-corrected chi connectivity index (χ4v) is 4.90. The Morgan fingerprint density at radius 2 is 2.21 bits per heavy atom. The minimum atomic E-state index is -0.351. The highest BCUT2D eigenvalue weighted by atomic mass is 32.2. The van der Waals surface area contributed by atoms with Crippen LogP contribution in [0, 0.1) is 0 Å². The molecule has 5 rings (SSSR count). The van der Waals surface area contributed by atoms with E-state index < -0.39 is 0 Å². The molecular weight excluding hydrogens is 454 g/mol. The third-order valence-electron chi connectivity index (χ3n) is 5.82. The number of nitrogens with one attached hydrogen (secondary N) is 2. The number of cyclic esters (lactones) is 1. The van der Waals surface area contributed by atoms with Crippen LogP contribution in [0.3, 0.4) is 0 Å². The van der Waals surface area contributed by atoms with Crippen LogP contribution in [0.1, 0.15) is 18.4 Å². The smallest absolute Gasteiger partial charge is 0.414 e. The average Bonchev–Trinajstić information content (AvgIpc) is 3.23. The number of aromatic nitrogens is 2. The molecule has 0 spiro atoms. The minimum absolute atomic E-state index is 0.0290. The van der Waals surface area contributed by atoms with Crippen molar-refractivity contribution >= 4 is 46.2 Å². The maximum Gasteiger partial charge on any atom is 0.414 e. The molecule has 176 valence electrons. The van der Waals surface area contributed by atoms with Gasteiger partial charge < -0.3 is 20.1 Å². The molecule has 1 saturated heterocycles. The van der Waals surface area contributed by atoms with Gasteiger partial charge in [0.1, 0.15) is 6.10 Å². The molecule has 0 radical (unpaired) electrons. The van der Waals surface area contributed by atoms with Gasteiger partial charge in [0.05, 0.1) is 42.3 Å². The van der Waals surface area contributed by atoms with Gasteiger partial charge in [0, 0.05) is 17.1 Å². The number of benzene rings is 2. The highest BCUT2D eigenvalue weighted by Crippen LogP contribution is 2.35. The first-order valence-corrected chi connectivity index (χ1v) is 12.1. The number of carbonyl (C=O) groups is 2. The number of hydrogen-bond donors (Lipinski definition) is 2. The summed E-state index contributed by atoms with van der Waals surface area (Å²) in [5, 5.41) is 6.31. The van der Waals surface area contributed by atoms with E-state index in [0.717, 1.165) is 52.3 Å². The van der Waals surface area contributed by atoms with Crippen LogP contribution < -0.4 is 20.3 Å². The average molecular weight is 480 g/mol. The summed E-state index contributed by atoms with van der Waals surface area (Å²) in [5.74, 6) is 0.877. The summed E-state index contributed by atoms with van der Waals surface area (Å²) < 4.78 is 10.8. The number of rotatable bonds is 8. The molecule has 2 aliphatic rings. The fourth-order valence-electron chi connectivity index (χ4n) is 4.12. The Labute approximate surface area is 201 Å². The summed E-state index contributed by atoms with van der Waals surface area (Å²) in [5.41, 5.74) is 4.20. The topological polar surface area (TPSA) is 106 Å². The molecule has 0 bridgehead atoms. The third-order valence-corrected chi connectivity index (χ3v) is 6.89. The molecule has 2 aliphatic heterocycles. The Morgan fingerprint density at radius 3 is 3.09 bits per heavy atom. The highest BCUT2D eigenvalue weighted by molar-refractivity contribution is 8.00. The number of thioether (sulfide) groups is 1. The van der Waals surface area contributed by atoms with E-state index in [1.165, 1.54) is 11.8 Å². The molecule has 0 aliphatic carbocycles. The molecule has 34 heavy (non-hydrogen) atoms. The number of hydrogen-bond acceptors (Lipinski definition) is 8. The van der Waals surface area contributed by atoms with Gasteiger partial charge in [-0.05, 0) is 49.2 Å². The van der Waals surface area contributed by atoms with Crippen LogP contribution in [0.15, 0.2) is 47.5 Å². The standard InChI is InChI=1S/C24H25N5O4S/c1-32-22-12-26-18-6-2-4-15(23(18)28-22)11-25-9-3-5-17-13-29(24(31)33-17)16-7-8-20-19(10-16)27-21(30)14-34-20/h2,4,6-8,10,12,17,25H,3,5,9,11,13-14H2,1H3,(H,27,30)/t17-/m0/s1. The van der Waals surface area contributed by atoms with Crippen LogP contribution in [0.5, 0.6) is 5.88 Å². The number of nitrogens with zero attached hydrogens (tertiary/aromatic N) is 3. The van der Waals surface area contributed by atoms with Gasteiger partial charge in [0.25, 0.3) is 0 Å². The Morgan fingerprint density at radius 1 is 1.29 bits per heavy atom. The van der Waals surface area contributed by atoms with Gasteiger partial charge >= 0.3 is 6.09 Å². The number of anilines is 2. The zero-order valence-corrected chi connectivity index (χ0v) is 19.6. The van der Waals surface area contributed by atoms with Crippen molar-refractivity contribution in [2.24, 2.45) is 0 Å². The van der Waals surface area contributed by atoms with Crippen molar-refractivity contribution in [3.05, 3.63) is 48.2 Å². The van der Waals surface area contributed by atoms with E-state index >= 15 is 0 Å². The van der Waals surface area contributed by atoms with Crippen LogP contribution in [0.4, 0.5) is 16.2 Å². The number of para-hydroxylation sites is 1. The lowest BCUT2D eigenvalue weighted by molar-refractivity contribution is -0.113. The second-order valence-corrected chi connectivity index (χ2v) is 9.17. The van der Waals surface area contributed by atoms with E-state index in [4.69, 9.17) is 9.47 Å².